The zero-order valence-electron chi connectivity index (χ0n) is 30.2. The third-order valence-corrected chi connectivity index (χ3v) is 8.90. The molecule has 5 nitrogen and oxygen atoms in total. The van der Waals surface area contributed by atoms with E-state index in [9.17, 15) is 0 Å². The topological polar surface area (TPSA) is 57.4 Å². The van der Waals surface area contributed by atoms with Crippen molar-refractivity contribution in [3.8, 4) is 46.2 Å². The maximum absolute atomic E-state index is 6.00. The lowest BCUT2D eigenvalue weighted by atomic mass is 10.1. The van der Waals surface area contributed by atoms with E-state index in [0.29, 0.717) is 11.8 Å². The van der Waals surface area contributed by atoms with Gasteiger partial charge in [-0.05, 0) is 85.6 Å². The van der Waals surface area contributed by atoms with Gasteiger partial charge in [0.25, 0.3) is 0 Å². The molecule has 0 spiro atoms. The number of rotatable bonds is 24. The number of benzene rings is 3. The van der Waals surface area contributed by atoms with Crippen LogP contribution in [-0.4, -0.2) is 23.4 Å². The standard InChI is InChI=1S/C44H58N2O3/c1-3-5-7-9-11-13-14-16-18-19-35-47-41-31-25-38(26-32-41)22-21-37-23-27-39(28-24-37)43-45-46-44(49-43)40-29-33-42(34-30-40)48-36-20-17-15-12-10-8-6-4-2/h23-34H,3-20,35-36H2,1-2H3. The fraction of sp³-hybridized carbons (Fsp3) is 0.500. The first-order chi connectivity index (χ1) is 24.2. The van der Waals surface area contributed by atoms with E-state index in [2.05, 4.69) is 35.9 Å². The van der Waals surface area contributed by atoms with Crippen molar-refractivity contribution in [2.24, 2.45) is 0 Å². The first kappa shape index (κ1) is 37.8. The van der Waals surface area contributed by atoms with E-state index >= 15 is 0 Å². The lowest BCUT2D eigenvalue weighted by Gasteiger charge is -2.06. The smallest absolute Gasteiger partial charge is 0.248 e. The molecule has 49 heavy (non-hydrogen) atoms. The molecule has 0 saturated carbocycles. The predicted octanol–water partition coefficient (Wildman–Crippen LogP) is 12.6. The molecule has 0 aliphatic rings. The van der Waals surface area contributed by atoms with Crippen molar-refractivity contribution < 1.29 is 13.9 Å². The molecule has 0 N–H and O–H groups in total. The maximum Gasteiger partial charge on any atom is 0.248 e. The Balaban J connectivity index is 1.13. The average molecular weight is 663 g/mol. The Hall–Kier alpha value is -4.04. The van der Waals surface area contributed by atoms with Gasteiger partial charge in [-0.3, -0.25) is 0 Å². The minimum absolute atomic E-state index is 0.484. The van der Waals surface area contributed by atoms with Crippen LogP contribution in [0.1, 0.15) is 141 Å². The van der Waals surface area contributed by atoms with E-state index in [0.717, 1.165) is 59.8 Å². The van der Waals surface area contributed by atoms with Gasteiger partial charge in [0, 0.05) is 22.3 Å². The molecule has 3 aromatic carbocycles. The van der Waals surface area contributed by atoms with Crippen molar-refractivity contribution >= 4 is 0 Å². The number of hydrogen-bond acceptors (Lipinski definition) is 5. The molecule has 0 saturated heterocycles. The summed E-state index contributed by atoms with van der Waals surface area (Å²) in [6.07, 6.45) is 23.7. The van der Waals surface area contributed by atoms with Gasteiger partial charge in [0.05, 0.1) is 13.2 Å². The molecule has 0 aliphatic carbocycles. The summed E-state index contributed by atoms with van der Waals surface area (Å²) in [5.74, 6) is 9.25. The number of ether oxygens (including phenoxy) is 2. The molecule has 4 rings (SSSR count). The van der Waals surface area contributed by atoms with Gasteiger partial charge in [-0.15, -0.1) is 10.2 Å². The summed E-state index contributed by atoms with van der Waals surface area (Å²) < 4.78 is 17.9. The van der Waals surface area contributed by atoms with Crippen LogP contribution in [0, 0.1) is 11.8 Å². The third kappa shape index (κ3) is 14.9. The van der Waals surface area contributed by atoms with Gasteiger partial charge in [0.15, 0.2) is 0 Å². The number of aromatic nitrogens is 2. The molecular weight excluding hydrogens is 604 g/mol. The monoisotopic (exact) mass is 662 g/mol. The van der Waals surface area contributed by atoms with E-state index in [4.69, 9.17) is 13.9 Å². The molecule has 0 radical (unpaired) electrons. The summed E-state index contributed by atoms with van der Waals surface area (Å²) in [6.45, 7) is 6.06. The summed E-state index contributed by atoms with van der Waals surface area (Å²) in [5, 5.41) is 8.55. The molecule has 0 bridgehead atoms. The van der Waals surface area contributed by atoms with Crippen LogP contribution in [0.4, 0.5) is 0 Å². The second-order valence-electron chi connectivity index (χ2n) is 13.1. The molecule has 5 heteroatoms. The highest BCUT2D eigenvalue weighted by atomic mass is 16.5. The maximum atomic E-state index is 6.00. The SMILES string of the molecule is CCCCCCCCCCCCOc1ccc(C#Cc2ccc(-c3nnc(-c4ccc(OCCCCCCCCCC)cc4)o3)cc2)cc1. The highest BCUT2D eigenvalue weighted by Gasteiger charge is 2.11. The Morgan fingerprint density at radius 3 is 1.16 bits per heavy atom. The van der Waals surface area contributed by atoms with Crippen LogP contribution in [0.3, 0.4) is 0 Å². The number of nitrogens with zero attached hydrogens (tertiary/aromatic N) is 2. The Morgan fingerprint density at radius 1 is 0.429 bits per heavy atom. The molecule has 0 atom stereocenters. The van der Waals surface area contributed by atoms with Crippen molar-refractivity contribution in [2.75, 3.05) is 13.2 Å². The lowest BCUT2D eigenvalue weighted by molar-refractivity contribution is 0.304. The lowest BCUT2D eigenvalue weighted by Crippen LogP contribution is -1.97. The molecule has 0 amide bonds. The van der Waals surface area contributed by atoms with Crippen LogP contribution in [0.15, 0.2) is 77.2 Å². The van der Waals surface area contributed by atoms with Crippen LogP contribution >= 0.6 is 0 Å². The van der Waals surface area contributed by atoms with Crippen molar-refractivity contribution in [3.05, 3.63) is 83.9 Å². The van der Waals surface area contributed by atoms with Crippen molar-refractivity contribution in [2.45, 2.75) is 129 Å². The second kappa shape index (κ2) is 23.3. The molecule has 262 valence electrons. The summed E-state index contributed by atoms with van der Waals surface area (Å²) >= 11 is 0. The molecule has 0 aliphatic heterocycles. The summed E-state index contributed by atoms with van der Waals surface area (Å²) in [4.78, 5) is 0. The highest BCUT2D eigenvalue weighted by molar-refractivity contribution is 5.59. The summed E-state index contributed by atoms with van der Waals surface area (Å²) in [6, 6.07) is 23.8. The van der Waals surface area contributed by atoms with Gasteiger partial charge in [-0.25, -0.2) is 0 Å². The second-order valence-corrected chi connectivity index (χ2v) is 13.1. The summed E-state index contributed by atoms with van der Waals surface area (Å²) in [5.41, 5.74) is 3.61. The zero-order valence-corrected chi connectivity index (χ0v) is 30.2. The van der Waals surface area contributed by atoms with Gasteiger partial charge in [0.2, 0.25) is 11.8 Å². The van der Waals surface area contributed by atoms with Crippen LogP contribution in [0.2, 0.25) is 0 Å². The first-order valence-corrected chi connectivity index (χ1v) is 19.2. The van der Waals surface area contributed by atoms with Crippen LogP contribution in [0.5, 0.6) is 11.5 Å². The highest BCUT2D eigenvalue weighted by Crippen LogP contribution is 2.26. The molecule has 0 fully saturated rings. The Bertz CT molecular complexity index is 1480. The van der Waals surface area contributed by atoms with Crippen LogP contribution in [0.25, 0.3) is 22.9 Å². The Morgan fingerprint density at radius 2 is 0.755 bits per heavy atom. The van der Waals surface area contributed by atoms with E-state index in [1.54, 1.807) is 0 Å². The van der Waals surface area contributed by atoms with Gasteiger partial charge in [0.1, 0.15) is 11.5 Å². The van der Waals surface area contributed by atoms with Crippen molar-refractivity contribution in [1.82, 2.24) is 10.2 Å². The average Bonchev–Trinajstić information content (AvgIpc) is 3.64. The largest absolute Gasteiger partial charge is 0.494 e. The number of hydrogen-bond donors (Lipinski definition) is 0. The zero-order chi connectivity index (χ0) is 34.2. The van der Waals surface area contributed by atoms with Crippen LogP contribution < -0.4 is 9.47 Å². The minimum Gasteiger partial charge on any atom is -0.494 e. The van der Waals surface area contributed by atoms with Crippen molar-refractivity contribution in [1.29, 1.82) is 0 Å². The normalized spacial score (nSPS) is 10.9. The van der Waals surface area contributed by atoms with Crippen LogP contribution in [-0.2, 0) is 0 Å². The fourth-order valence-corrected chi connectivity index (χ4v) is 5.83. The molecule has 0 unspecified atom stereocenters. The van der Waals surface area contributed by atoms with E-state index in [-0.39, 0.29) is 0 Å². The third-order valence-electron chi connectivity index (χ3n) is 8.90. The van der Waals surface area contributed by atoms with Gasteiger partial charge in [-0.2, -0.15) is 0 Å². The molecule has 1 heterocycles. The minimum atomic E-state index is 0.484. The first-order valence-electron chi connectivity index (χ1n) is 19.2. The van der Waals surface area contributed by atoms with Gasteiger partial charge in [-0.1, -0.05) is 128 Å². The Labute approximate surface area is 296 Å². The van der Waals surface area contributed by atoms with Gasteiger partial charge >= 0.3 is 0 Å². The molecule has 4 aromatic rings. The number of unbranched alkanes of at least 4 members (excludes halogenated alkanes) is 16. The van der Waals surface area contributed by atoms with E-state index in [1.165, 1.54) is 103 Å². The quantitative estimate of drug-likeness (QED) is 0.0552. The molecular formula is C44H58N2O3. The van der Waals surface area contributed by atoms with E-state index in [1.807, 2.05) is 72.8 Å². The predicted molar refractivity (Wildman–Crippen MR) is 203 cm³/mol. The van der Waals surface area contributed by atoms with E-state index < -0.39 is 0 Å². The molecule has 1 aromatic heterocycles. The summed E-state index contributed by atoms with van der Waals surface area (Å²) in [7, 11) is 0. The Kier molecular flexibility index (Phi) is 18.0. The fourth-order valence-electron chi connectivity index (χ4n) is 5.83. The van der Waals surface area contributed by atoms with Gasteiger partial charge < -0.3 is 13.9 Å². The van der Waals surface area contributed by atoms with Crippen molar-refractivity contribution in [3.63, 3.8) is 0 Å².